The highest BCUT2D eigenvalue weighted by Crippen LogP contribution is 2.34. The second-order valence-electron chi connectivity index (χ2n) is 4.90. The van der Waals surface area contributed by atoms with Crippen LogP contribution in [0, 0.1) is 5.92 Å². The minimum Gasteiger partial charge on any atom is -0.491 e. The van der Waals surface area contributed by atoms with Crippen molar-refractivity contribution in [3.05, 3.63) is 29.3 Å². The maximum Gasteiger partial charge on any atom is 0.137 e. The maximum atomic E-state index is 6.03. The zero-order valence-corrected chi connectivity index (χ0v) is 11.6. The number of benzene rings is 1. The molecule has 1 aromatic rings. The van der Waals surface area contributed by atoms with Crippen molar-refractivity contribution in [2.75, 3.05) is 26.7 Å². The van der Waals surface area contributed by atoms with E-state index in [1.807, 2.05) is 24.3 Å². The van der Waals surface area contributed by atoms with Crippen LogP contribution in [0.2, 0.25) is 5.02 Å². The molecule has 18 heavy (non-hydrogen) atoms. The Hall–Kier alpha value is -0.770. The molecule has 0 aliphatic heterocycles. The summed E-state index contributed by atoms with van der Waals surface area (Å²) in [4.78, 5) is 2.30. The molecule has 0 radical (unpaired) electrons. The van der Waals surface area contributed by atoms with Gasteiger partial charge in [0.2, 0.25) is 0 Å². The number of rotatable bonds is 7. The molecule has 1 unspecified atom stereocenters. The molecule has 0 amide bonds. The second kappa shape index (κ2) is 6.41. The van der Waals surface area contributed by atoms with Crippen LogP contribution in [0.1, 0.15) is 12.8 Å². The molecule has 1 saturated carbocycles. The fraction of sp³-hybridized carbons (Fsp3) is 0.571. The van der Waals surface area contributed by atoms with Gasteiger partial charge in [0.1, 0.15) is 12.4 Å². The predicted molar refractivity (Wildman–Crippen MR) is 75.1 cm³/mol. The molecule has 4 heteroatoms. The first-order valence-electron chi connectivity index (χ1n) is 6.50. The Morgan fingerprint density at radius 2 is 2.17 bits per heavy atom. The summed E-state index contributed by atoms with van der Waals surface area (Å²) in [5.74, 6) is 1.55. The third-order valence-corrected chi connectivity index (χ3v) is 3.82. The van der Waals surface area contributed by atoms with Crippen LogP contribution in [0.5, 0.6) is 5.75 Å². The first-order valence-corrected chi connectivity index (χ1v) is 6.88. The summed E-state index contributed by atoms with van der Waals surface area (Å²) in [6.07, 6.45) is 2.63. The van der Waals surface area contributed by atoms with Gasteiger partial charge in [-0.05, 0) is 37.9 Å². The molecule has 1 atom stereocenters. The van der Waals surface area contributed by atoms with Crippen molar-refractivity contribution in [3.63, 3.8) is 0 Å². The van der Waals surface area contributed by atoms with Gasteiger partial charge in [0.25, 0.3) is 0 Å². The molecule has 0 aromatic heterocycles. The zero-order chi connectivity index (χ0) is 13.0. The van der Waals surface area contributed by atoms with Crippen molar-refractivity contribution in [3.8, 4) is 5.75 Å². The van der Waals surface area contributed by atoms with Crippen molar-refractivity contribution in [1.82, 2.24) is 4.90 Å². The molecule has 2 N–H and O–H groups in total. The smallest absolute Gasteiger partial charge is 0.137 e. The molecule has 3 nitrogen and oxygen atoms in total. The summed E-state index contributed by atoms with van der Waals surface area (Å²) in [6.45, 7) is 2.25. The van der Waals surface area contributed by atoms with E-state index in [1.54, 1.807) is 0 Å². The molecule has 0 saturated heterocycles. The van der Waals surface area contributed by atoms with E-state index in [0.717, 1.165) is 24.8 Å². The summed E-state index contributed by atoms with van der Waals surface area (Å²) >= 11 is 6.03. The van der Waals surface area contributed by atoms with E-state index in [4.69, 9.17) is 22.1 Å². The lowest BCUT2D eigenvalue weighted by molar-refractivity contribution is 0.180. The Balaban J connectivity index is 1.76. The molecular weight excluding hydrogens is 248 g/mol. The van der Waals surface area contributed by atoms with E-state index >= 15 is 0 Å². The van der Waals surface area contributed by atoms with Gasteiger partial charge in [-0.15, -0.1) is 0 Å². The molecule has 0 heterocycles. The summed E-state index contributed by atoms with van der Waals surface area (Å²) in [5, 5.41) is 0.665. The zero-order valence-electron chi connectivity index (χ0n) is 10.8. The van der Waals surface area contributed by atoms with Gasteiger partial charge in [0.05, 0.1) is 5.02 Å². The van der Waals surface area contributed by atoms with Gasteiger partial charge in [-0.1, -0.05) is 23.7 Å². The van der Waals surface area contributed by atoms with Crippen LogP contribution in [0.3, 0.4) is 0 Å². The van der Waals surface area contributed by atoms with Crippen LogP contribution in [-0.2, 0) is 0 Å². The van der Waals surface area contributed by atoms with Gasteiger partial charge in [0.15, 0.2) is 0 Å². The van der Waals surface area contributed by atoms with Crippen molar-refractivity contribution in [2.24, 2.45) is 11.7 Å². The van der Waals surface area contributed by atoms with Crippen LogP contribution < -0.4 is 10.5 Å². The lowest BCUT2D eigenvalue weighted by atomic mass is 10.1. The maximum absolute atomic E-state index is 6.03. The van der Waals surface area contributed by atoms with E-state index < -0.39 is 0 Å². The van der Waals surface area contributed by atoms with E-state index in [0.29, 0.717) is 17.7 Å². The summed E-state index contributed by atoms with van der Waals surface area (Å²) in [5.41, 5.74) is 5.82. The summed E-state index contributed by atoms with van der Waals surface area (Å²) < 4.78 is 5.69. The largest absolute Gasteiger partial charge is 0.491 e. The lowest BCUT2D eigenvalue weighted by Gasteiger charge is -2.26. The number of para-hydroxylation sites is 1. The predicted octanol–water partition coefficient (Wildman–Crippen LogP) is 2.39. The van der Waals surface area contributed by atoms with Crippen LogP contribution in [-0.4, -0.2) is 37.7 Å². The standard InChI is InChI=1S/C14H21ClN2O/c1-17(13(10-16)11-6-7-11)8-9-18-14-5-3-2-4-12(14)15/h2-5,11,13H,6-10,16H2,1H3. The molecule has 1 aromatic carbocycles. The molecule has 100 valence electrons. The number of hydrogen-bond donors (Lipinski definition) is 1. The monoisotopic (exact) mass is 268 g/mol. The number of hydrogen-bond acceptors (Lipinski definition) is 3. The fourth-order valence-electron chi connectivity index (χ4n) is 2.24. The van der Waals surface area contributed by atoms with E-state index in [-0.39, 0.29) is 0 Å². The molecule has 0 spiro atoms. The Labute approximate surface area is 114 Å². The first kappa shape index (κ1) is 13.7. The average molecular weight is 269 g/mol. The highest BCUT2D eigenvalue weighted by atomic mass is 35.5. The number of nitrogens with zero attached hydrogens (tertiary/aromatic N) is 1. The Bertz CT molecular complexity index is 382. The topological polar surface area (TPSA) is 38.5 Å². The second-order valence-corrected chi connectivity index (χ2v) is 5.31. The van der Waals surface area contributed by atoms with E-state index in [9.17, 15) is 0 Å². The van der Waals surface area contributed by atoms with Gasteiger partial charge in [0, 0.05) is 19.1 Å². The van der Waals surface area contributed by atoms with Gasteiger partial charge in [-0.2, -0.15) is 0 Å². The van der Waals surface area contributed by atoms with Crippen LogP contribution in [0.4, 0.5) is 0 Å². The van der Waals surface area contributed by atoms with Crippen molar-refractivity contribution >= 4 is 11.6 Å². The lowest BCUT2D eigenvalue weighted by Crippen LogP contribution is -2.41. The third kappa shape index (κ3) is 3.61. The summed E-state index contributed by atoms with van der Waals surface area (Å²) in [7, 11) is 2.12. The number of ether oxygens (including phenoxy) is 1. The number of likely N-dealkylation sites (N-methyl/N-ethyl adjacent to an activating group) is 1. The molecule has 0 bridgehead atoms. The van der Waals surface area contributed by atoms with E-state index in [2.05, 4.69) is 11.9 Å². The molecule has 1 aliphatic rings. The number of nitrogens with two attached hydrogens (primary N) is 1. The van der Waals surface area contributed by atoms with Crippen molar-refractivity contribution in [2.45, 2.75) is 18.9 Å². The minimum absolute atomic E-state index is 0.500. The quantitative estimate of drug-likeness (QED) is 0.825. The number of halogens is 1. The Morgan fingerprint density at radius 1 is 1.44 bits per heavy atom. The first-order chi connectivity index (χ1) is 8.72. The minimum atomic E-state index is 0.500. The van der Waals surface area contributed by atoms with E-state index in [1.165, 1.54) is 12.8 Å². The van der Waals surface area contributed by atoms with Crippen LogP contribution in [0.25, 0.3) is 0 Å². The normalized spacial score (nSPS) is 16.9. The fourth-order valence-corrected chi connectivity index (χ4v) is 2.43. The highest BCUT2D eigenvalue weighted by molar-refractivity contribution is 6.32. The Kier molecular flexibility index (Phi) is 4.87. The molecule has 1 fully saturated rings. The van der Waals surface area contributed by atoms with Crippen molar-refractivity contribution in [1.29, 1.82) is 0 Å². The van der Waals surface area contributed by atoms with Crippen molar-refractivity contribution < 1.29 is 4.74 Å². The average Bonchev–Trinajstić information content (AvgIpc) is 3.17. The van der Waals surface area contributed by atoms with Gasteiger partial charge in [-0.3, -0.25) is 4.90 Å². The summed E-state index contributed by atoms with van der Waals surface area (Å²) in [6, 6.07) is 8.06. The molecular formula is C14H21ClN2O. The van der Waals surface area contributed by atoms with Gasteiger partial charge >= 0.3 is 0 Å². The third-order valence-electron chi connectivity index (χ3n) is 3.51. The Morgan fingerprint density at radius 3 is 2.78 bits per heavy atom. The molecule has 1 aliphatic carbocycles. The highest BCUT2D eigenvalue weighted by Gasteiger charge is 2.32. The SMILES string of the molecule is CN(CCOc1ccccc1Cl)C(CN)C1CC1. The van der Waals surface area contributed by atoms with Gasteiger partial charge < -0.3 is 10.5 Å². The molecule has 2 rings (SSSR count). The van der Waals surface area contributed by atoms with Gasteiger partial charge in [-0.25, -0.2) is 0 Å². The van der Waals surface area contributed by atoms with Crippen LogP contribution in [0.15, 0.2) is 24.3 Å². The van der Waals surface area contributed by atoms with Crippen LogP contribution >= 0.6 is 11.6 Å².